The standard InChI is InChI=1S/C18H15BrN6/c1-24-11-13(10-21-24)12-7-8-16-15(9-12)17(23-18(20)22-16)25(19)14-5-3-2-4-6-14/h2-11H,1H3,(H2,20,22,23). The van der Waals surface area contributed by atoms with Gasteiger partial charge in [-0.3, -0.25) is 8.61 Å². The zero-order valence-corrected chi connectivity index (χ0v) is 15.1. The van der Waals surface area contributed by atoms with Gasteiger partial charge in [0.25, 0.3) is 0 Å². The highest BCUT2D eigenvalue weighted by Gasteiger charge is 2.15. The van der Waals surface area contributed by atoms with E-state index in [9.17, 15) is 0 Å². The summed E-state index contributed by atoms with van der Waals surface area (Å²) < 4.78 is 3.61. The van der Waals surface area contributed by atoms with Crippen molar-refractivity contribution < 1.29 is 0 Å². The number of hydrogen-bond acceptors (Lipinski definition) is 5. The molecule has 2 heterocycles. The van der Waals surface area contributed by atoms with Gasteiger partial charge in [0.15, 0.2) is 5.82 Å². The van der Waals surface area contributed by atoms with Crippen LogP contribution in [0, 0.1) is 0 Å². The Morgan fingerprint density at radius 2 is 1.84 bits per heavy atom. The third kappa shape index (κ3) is 2.94. The van der Waals surface area contributed by atoms with Crippen LogP contribution in [0.15, 0.2) is 60.9 Å². The number of nitrogens with two attached hydrogens (primary N) is 1. The summed E-state index contributed by atoms with van der Waals surface area (Å²) in [5, 5.41) is 5.14. The maximum Gasteiger partial charge on any atom is 0.222 e. The Balaban J connectivity index is 1.90. The summed E-state index contributed by atoms with van der Waals surface area (Å²) in [7, 11) is 1.90. The van der Waals surface area contributed by atoms with Crippen LogP contribution in [0.5, 0.6) is 0 Å². The predicted octanol–water partition coefficient (Wildman–Crippen LogP) is 4.06. The van der Waals surface area contributed by atoms with Gasteiger partial charge in [0.2, 0.25) is 5.95 Å². The maximum absolute atomic E-state index is 5.91. The topological polar surface area (TPSA) is 72.9 Å². The summed E-state index contributed by atoms with van der Waals surface area (Å²) >= 11 is 3.61. The molecular formula is C18H15BrN6. The average molecular weight is 395 g/mol. The molecule has 0 saturated carbocycles. The van der Waals surface area contributed by atoms with Crippen molar-refractivity contribution >= 4 is 44.5 Å². The van der Waals surface area contributed by atoms with E-state index in [1.807, 2.05) is 65.8 Å². The second kappa shape index (κ2) is 6.18. The lowest BCUT2D eigenvalue weighted by Crippen LogP contribution is -2.07. The van der Waals surface area contributed by atoms with Crippen molar-refractivity contribution in [1.82, 2.24) is 19.7 Å². The quantitative estimate of drug-likeness (QED) is 0.530. The van der Waals surface area contributed by atoms with Gasteiger partial charge in [-0.15, -0.1) is 0 Å². The lowest BCUT2D eigenvalue weighted by Gasteiger charge is -2.18. The number of anilines is 3. The highest BCUT2D eigenvalue weighted by molar-refractivity contribution is 9.10. The Morgan fingerprint density at radius 1 is 1.04 bits per heavy atom. The van der Waals surface area contributed by atoms with Crippen molar-refractivity contribution in [3.63, 3.8) is 0 Å². The highest BCUT2D eigenvalue weighted by Crippen LogP contribution is 2.35. The van der Waals surface area contributed by atoms with Gasteiger partial charge in [-0.2, -0.15) is 10.1 Å². The molecule has 0 aliphatic carbocycles. The molecule has 4 rings (SSSR count). The summed E-state index contributed by atoms with van der Waals surface area (Å²) in [4.78, 5) is 8.79. The summed E-state index contributed by atoms with van der Waals surface area (Å²) in [5.74, 6) is 0.927. The third-order valence-corrected chi connectivity index (χ3v) is 4.65. The van der Waals surface area contributed by atoms with E-state index in [0.29, 0.717) is 5.82 Å². The van der Waals surface area contributed by atoms with Crippen LogP contribution in [0.2, 0.25) is 0 Å². The minimum atomic E-state index is 0.233. The van der Waals surface area contributed by atoms with Crippen LogP contribution in [0.4, 0.5) is 17.5 Å². The number of benzene rings is 2. The summed E-state index contributed by atoms with van der Waals surface area (Å²) in [5.41, 5.74) is 9.73. The van der Waals surface area contributed by atoms with Crippen molar-refractivity contribution in [1.29, 1.82) is 0 Å². The van der Waals surface area contributed by atoms with Gasteiger partial charge in [0.1, 0.15) is 0 Å². The molecule has 124 valence electrons. The molecule has 6 nitrogen and oxygen atoms in total. The molecule has 0 aliphatic rings. The minimum Gasteiger partial charge on any atom is -0.368 e. The van der Waals surface area contributed by atoms with Gasteiger partial charge < -0.3 is 5.73 Å². The number of nitrogens with zero attached hydrogens (tertiary/aromatic N) is 5. The second-order valence-electron chi connectivity index (χ2n) is 5.66. The number of para-hydroxylation sites is 1. The van der Waals surface area contributed by atoms with Gasteiger partial charge >= 0.3 is 0 Å². The van der Waals surface area contributed by atoms with Crippen LogP contribution in [0.25, 0.3) is 22.0 Å². The Hall–Kier alpha value is -2.93. The number of rotatable bonds is 3. The van der Waals surface area contributed by atoms with E-state index in [1.165, 1.54) is 0 Å². The van der Waals surface area contributed by atoms with E-state index in [0.717, 1.165) is 27.7 Å². The number of hydrogen-bond donors (Lipinski definition) is 1. The predicted molar refractivity (Wildman–Crippen MR) is 104 cm³/mol. The molecule has 2 N–H and O–H groups in total. The zero-order chi connectivity index (χ0) is 17.4. The smallest absolute Gasteiger partial charge is 0.222 e. The van der Waals surface area contributed by atoms with Crippen LogP contribution in [0.1, 0.15) is 0 Å². The molecular weight excluding hydrogens is 380 g/mol. The van der Waals surface area contributed by atoms with Crippen molar-refractivity contribution in [2.75, 3.05) is 9.66 Å². The number of nitrogen functional groups attached to an aromatic ring is 1. The van der Waals surface area contributed by atoms with Crippen LogP contribution >= 0.6 is 16.1 Å². The molecule has 2 aromatic carbocycles. The first-order chi connectivity index (χ1) is 12.1. The molecule has 0 bridgehead atoms. The van der Waals surface area contributed by atoms with Gasteiger partial charge in [-0.25, -0.2) is 4.98 Å². The molecule has 0 atom stereocenters. The number of fused-ring (bicyclic) bond motifs is 1. The average Bonchev–Trinajstić information content (AvgIpc) is 3.07. The largest absolute Gasteiger partial charge is 0.368 e. The van der Waals surface area contributed by atoms with Crippen LogP contribution in [-0.4, -0.2) is 19.7 Å². The van der Waals surface area contributed by atoms with E-state index in [1.54, 1.807) is 4.68 Å². The van der Waals surface area contributed by atoms with Crippen molar-refractivity contribution in [2.45, 2.75) is 0 Å². The summed E-state index contributed by atoms with van der Waals surface area (Å²) in [6, 6.07) is 15.9. The lowest BCUT2D eigenvalue weighted by molar-refractivity contribution is 0.768. The molecule has 7 heteroatoms. The fourth-order valence-electron chi connectivity index (χ4n) is 2.71. The molecule has 4 aromatic rings. The monoisotopic (exact) mass is 394 g/mol. The van der Waals surface area contributed by atoms with Gasteiger partial charge in [0, 0.05) is 24.2 Å². The first kappa shape index (κ1) is 15.6. The zero-order valence-electron chi connectivity index (χ0n) is 13.5. The molecule has 0 fully saturated rings. The van der Waals surface area contributed by atoms with Crippen LogP contribution in [-0.2, 0) is 7.05 Å². The lowest BCUT2D eigenvalue weighted by atomic mass is 10.1. The van der Waals surface area contributed by atoms with E-state index < -0.39 is 0 Å². The summed E-state index contributed by atoms with van der Waals surface area (Å²) in [6.45, 7) is 0. The minimum absolute atomic E-state index is 0.233. The second-order valence-corrected chi connectivity index (χ2v) is 6.37. The van der Waals surface area contributed by atoms with E-state index in [-0.39, 0.29) is 5.95 Å². The van der Waals surface area contributed by atoms with Gasteiger partial charge in [-0.05, 0) is 29.8 Å². The Kier molecular flexibility index (Phi) is 3.85. The maximum atomic E-state index is 5.91. The number of aromatic nitrogens is 4. The molecule has 0 saturated heterocycles. The first-order valence-electron chi connectivity index (χ1n) is 7.69. The molecule has 0 amide bonds. The Labute approximate surface area is 153 Å². The normalized spacial score (nSPS) is 11.0. The number of aryl methyl sites for hydroxylation is 1. The van der Waals surface area contributed by atoms with E-state index >= 15 is 0 Å². The molecule has 0 spiro atoms. The van der Waals surface area contributed by atoms with Gasteiger partial charge in [-0.1, -0.05) is 24.3 Å². The fraction of sp³-hybridized carbons (Fsp3) is 0.0556. The molecule has 0 radical (unpaired) electrons. The Bertz CT molecular complexity index is 1040. The molecule has 25 heavy (non-hydrogen) atoms. The van der Waals surface area contributed by atoms with Crippen LogP contribution in [0.3, 0.4) is 0 Å². The molecule has 2 aromatic heterocycles. The van der Waals surface area contributed by atoms with Crippen LogP contribution < -0.4 is 9.66 Å². The SMILES string of the molecule is Cn1cc(-c2ccc3nc(N)nc(N(Br)c4ccccc4)c3c2)cn1. The molecule has 0 aliphatic heterocycles. The molecule has 0 unspecified atom stereocenters. The number of halogens is 1. The Morgan fingerprint density at radius 3 is 2.56 bits per heavy atom. The van der Waals surface area contributed by atoms with Crippen molar-refractivity contribution in [3.05, 3.63) is 60.9 Å². The van der Waals surface area contributed by atoms with Crippen molar-refractivity contribution in [3.8, 4) is 11.1 Å². The van der Waals surface area contributed by atoms with Crippen molar-refractivity contribution in [2.24, 2.45) is 7.05 Å². The summed E-state index contributed by atoms with van der Waals surface area (Å²) in [6.07, 6.45) is 3.81. The fourth-order valence-corrected chi connectivity index (χ4v) is 3.22. The third-order valence-electron chi connectivity index (χ3n) is 3.90. The van der Waals surface area contributed by atoms with Gasteiger partial charge in [0.05, 0.1) is 33.5 Å². The first-order valence-corrected chi connectivity index (χ1v) is 8.40. The van der Waals surface area contributed by atoms with E-state index in [2.05, 4.69) is 37.3 Å². The highest BCUT2D eigenvalue weighted by atomic mass is 79.9. The van der Waals surface area contributed by atoms with E-state index in [4.69, 9.17) is 5.73 Å².